The smallest absolute Gasteiger partial charge is 0.278 e. The standard InChI is InChI=1S/C27H34N4O3/c1-2-4-24-21-22(5-6-23(24)3-1)7-12-30-13-8-25(9-14-30)34-27-26(28-10-11-29-27)33-20-17-31-15-18-32-19-16-31/h1-6,10-11,21,25H,7-9,12-20H2. The van der Waals surface area contributed by atoms with Crippen LogP contribution in [-0.2, 0) is 11.2 Å². The highest BCUT2D eigenvalue weighted by molar-refractivity contribution is 5.82. The topological polar surface area (TPSA) is 60.0 Å². The summed E-state index contributed by atoms with van der Waals surface area (Å²) in [6.07, 6.45) is 6.52. The Labute approximate surface area is 201 Å². The van der Waals surface area contributed by atoms with Gasteiger partial charge in [0.1, 0.15) is 12.7 Å². The Morgan fingerprint density at radius 3 is 2.38 bits per heavy atom. The second-order valence-corrected chi connectivity index (χ2v) is 9.06. The van der Waals surface area contributed by atoms with Crippen LogP contribution in [0.2, 0.25) is 0 Å². The summed E-state index contributed by atoms with van der Waals surface area (Å²) in [6.45, 7) is 8.06. The molecule has 180 valence electrons. The Morgan fingerprint density at radius 1 is 0.824 bits per heavy atom. The van der Waals surface area contributed by atoms with Crippen LogP contribution in [-0.4, -0.2) is 85.0 Å². The minimum atomic E-state index is 0.148. The van der Waals surface area contributed by atoms with E-state index in [0.29, 0.717) is 18.4 Å². The van der Waals surface area contributed by atoms with Crippen molar-refractivity contribution in [1.82, 2.24) is 19.8 Å². The van der Waals surface area contributed by atoms with Crippen molar-refractivity contribution in [2.45, 2.75) is 25.4 Å². The molecule has 0 radical (unpaired) electrons. The van der Waals surface area contributed by atoms with E-state index in [1.165, 1.54) is 16.3 Å². The fraction of sp³-hybridized carbons (Fsp3) is 0.481. The molecule has 0 aliphatic carbocycles. The van der Waals surface area contributed by atoms with Crippen LogP contribution in [0.4, 0.5) is 0 Å². The molecule has 2 aliphatic rings. The molecule has 2 fully saturated rings. The van der Waals surface area contributed by atoms with Crippen molar-refractivity contribution in [3.63, 3.8) is 0 Å². The molecule has 0 atom stereocenters. The van der Waals surface area contributed by atoms with Crippen LogP contribution in [0, 0.1) is 0 Å². The molecular formula is C27H34N4O3. The molecule has 2 aromatic carbocycles. The number of likely N-dealkylation sites (tertiary alicyclic amines) is 1. The molecule has 7 heteroatoms. The van der Waals surface area contributed by atoms with Crippen LogP contribution in [0.15, 0.2) is 54.9 Å². The third-order valence-corrected chi connectivity index (χ3v) is 6.73. The third-order valence-electron chi connectivity index (χ3n) is 6.73. The SMILES string of the molecule is c1ccc2cc(CCN3CCC(Oc4nccnc4OCCN4CCOCC4)CC3)ccc2c1. The maximum Gasteiger partial charge on any atom is 0.278 e. The molecule has 1 aromatic heterocycles. The van der Waals surface area contributed by atoms with Crippen LogP contribution in [0.1, 0.15) is 18.4 Å². The molecule has 0 saturated carbocycles. The lowest BCUT2D eigenvalue weighted by Crippen LogP contribution is -2.39. The first kappa shape index (κ1) is 23.0. The van der Waals surface area contributed by atoms with Crippen molar-refractivity contribution in [3.8, 4) is 11.8 Å². The molecule has 3 heterocycles. The van der Waals surface area contributed by atoms with Crippen molar-refractivity contribution in [2.75, 3.05) is 59.1 Å². The van der Waals surface area contributed by atoms with Crippen molar-refractivity contribution in [3.05, 3.63) is 60.4 Å². The molecule has 0 bridgehead atoms. The highest BCUT2D eigenvalue weighted by Crippen LogP contribution is 2.25. The molecule has 0 spiro atoms. The molecule has 7 nitrogen and oxygen atoms in total. The van der Waals surface area contributed by atoms with E-state index in [9.17, 15) is 0 Å². The second-order valence-electron chi connectivity index (χ2n) is 9.06. The zero-order chi connectivity index (χ0) is 23.0. The molecule has 0 amide bonds. The summed E-state index contributed by atoms with van der Waals surface area (Å²) in [6, 6.07) is 15.4. The van der Waals surface area contributed by atoms with Crippen LogP contribution in [0.25, 0.3) is 10.8 Å². The van der Waals surface area contributed by atoms with E-state index >= 15 is 0 Å². The Hall–Kier alpha value is -2.74. The number of morpholine rings is 1. The van der Waals surface area contributed by atoms with E-state index in [2.05, 4.69) is 62.2 Å². The van der Waals surface area contributed by atoms with Gasteiger partial charge in [-0.3, -0.25) is 4.90 Å². The molecule has 5 rings (SSSR count). The van der Waals surface area contributed by atoms with Crippen molar-refractivity contribution in [2.24, 2.45) is 0 Å². The fourth-order valence-corrected chi connectivity index (χ4v) is 4.68. The summed E-state index contributed by atoms with van der Waals surface area (Å²) >= 11 is 0. The minimum absolute atomic E-state index is 0.148. The van der Waals surface area contributed by atoms with Gasteiger partial charge >= 0.3 is 0 Å². The van der Waals surface area contributed by atoms with Gasteiger partial charge in [0.05, 0.1) is 13.2 Å². The predicted octanol–water partition coefficient (Wildman–Crippen LogP) is 3.43. The number of ether oxygens (including phenoxy) is 3. The Balaban J connectivity index is 1.06. The summed E-state index contributed by atoms with van der Waals surface area (Å²) in [4.78, 5) is 13.6. The third kappa shape index (κ3) is 6.23. The van der Waals surface area contributed by atoms with E-state index in [0.717, 1.165) is 71.7 Å². The van der Waals surface area contributed by atoms with Gasteiger partial charge in [0, 0.05) is 51.7 Å². The molecule has 0 N–H and O–H groups in total. The Bertz CT molecular complexity index is 1050. The van der Waals surface area contributed by atoms with Gasteiger partial charge in [0.2, 0.25) is 0 Å². The summed E-state index contributed by atoms with van der Waals surface area (Å²) in [7, 11) is 0. The molecule has 3 aromatic rings. The lowest BCUT2D eigenvalue weighted by atomic mass is 10.0. The summed E-state index contributed by atoms with van der Waals surface area (Å²) in [5.74, 6) is 1.01. The van der Waals surface area contributed by atoms with Gasteiger partial charge in [-0.2, -0.15) is 0 Å². The number of rotatable bonds is 9. The Morgan fingerprint density at radius 2 is 1.56 bits per heavy atom. The largest absolute Gasteiger partial charge is 0.472 e. The quantitative estimate of drug-likeness (QED) is 0.483. The van der Waals surface area contributed by atoms with Gasteiger partial charge in [-0.15, -0.1) is 0 Å². The van der Waals surface area contributed by atoms with E-state index < -0.39 is 0 Å². The van der Waals surface area contributed by atoms with E-state index in [1.807, 2.05) is 0 Å². The highest BCUT2D eigenvalue weighted by Gasteiger charge is 2.22. The minimum Gasteiger partial charge on any atom is -0.472 e. The van der Waals surface area contributed by atoms with Gasteiger partial charge < -0.3 is 19.1 Å². The summed E-state index contributed by atoms with van der Waals surface area (Å²) in [5.41, 5.74) is 1.40. The van der Waals surface area contributed by atoms with Crippen LogP contribution in [0.5, 0.6) is 11.8 Å². The first-order chi connectivity index (χ1) is 16.8. The van der Waals surface area contributed by atoms with Gasteiger partial charge in [0.15, 0.2) is 0 Å². The molecule has 2 saturated heterocycles. The normalized spacial score (nSPS) is 18.2. The number of nitrogens with zero attached hydrogens (tertiary/aromatic N) is 4. The number of fused-ring (bicyclic) bond motifs is 1. The van der Waals surface area contributed by atoms with Gasteiger partial charge in [0.25, 0.3) is 11.8 Å². The lowest BCUT2D eigenvalue weighted by molar-refractivity contribution is 0.0313. The van der Waals surface area contributed by atoms with Crippen molar-refractivity contribution in [1.29, 1.82) is 0 Å². The number of aromatic nitrogens is 2. The summed E-state index contributed by atoms with van der Waals surface area (Å²) < 4.78 is 17.6. The maximum atomic E-state index is 6.23. The summed E-state index contributed by atoms with van der Waals surface area (Å²) in [5, 5.41) is 2.62. The van der Waals surface area contributed by atoms with Gasteiger partial charge in [-0.1, -0.05) is 42.5 Å². The van der Waals surface area contributed by atoms with Crippen LogP contribution >= 0.6 is 0 Å². The van der Waals surface area contributed by atoms with Crippen molar-refractivity contribution < 1.29 is 14.2 Å². The lowest BCUT2D eigenvalue weighted by Gasteiger charge is -2.32. The number of benzene rings is 2. The Kier molecular flexibility index (Phi) is 7.85. The molecular weight excluding hydrogens is 428 g/mol. The van der Waals surface area contributed by atoms with Crippen molar-refractivity contribution >= 4 is 10.8 Å². The molecule has 0 unspecified atom stereocenters. The predicted molar refractivity (Wildman–Crippen MR) is 133 cm³/mol. The van der Waals surface area contributed by atoms with Crippen LogP contribution in [0.3, 0.4) is 0 Å². The van der Waals surface area contributed by atoms with Crippen LogP contribution < -0.4 is 9.47 Å². The highest BCUT2D eigenvalue weighted by atomic mass is 16.5. The van der Waals surface area contributed by atoms with E-state index in [4.69, 9.17) is 14.2 Å². The number of piperidine rings is 1. The number of hydrogen-bond donors (Lipinski definition) is 0. The first-order valence-corrected chi connectivity index (χ1v) is 12.4. The second kappa shape index (κ2) is 11.6. The van der Waals surface area contributed by atoms with E-state index in [1.54, 1.807) is 12.4 Å². The fourth-order valence-electron chi connectivity index (χ4n) is 4.68. The van der Waals surface area contributed by atoms with E-state index in [-0.39, 0.29) is 6.10 Å². The number of hydrogen-bond acceptors (Lipinski definition) is 7. The first-order valence-electron chi connectivity index (χ1n) is 12.4. The van der Waals surface area contributed by atoms with Gasteiger partial charge in [-0.25, -0.2) is 9.97 Å². The average Bonchev–Trinajstić information content (AvgIpc) is 2.90. The maximum absolute atomic E-state index is 6.23. The molecule has 2 aliphatic heterocycles. The molecule has 34 heavy (non-hydrogen) atoms. The average molecular weight is 463 g/mol. The zero-order valence-electron chi connectivity index (χ0n) is 19.8. The monoisotopic (exact) mass is 462 g/mol. The zero-order valence-corrected chi connectivity index (χ0v) is 19.8. The van der Waals surface area contributed by atoms with Gasteiger partial charge in [-0.05, 0) is 35.6 Å².